The molecule has 0 N–H and O–H groups in total. The number of carbonyl (C=O) groups excluding carboxylic acids is 2. The van der Waals surface area contributed by atoms with E-state index in [0.29, 0.717) is 31.5 Å². The first-order valence-electron chi connectivity index (χ1n) is 12.1. The van der Waals surface area contributed by atoms with Crippen molar-refractivity contribution >= 4 is 39.0 Å². The number of rotatable bonds is 5. The number of hydrogen-bond acceptors (Lipinski definition) is 6. The van der Waals surface area contributed by atoms with Gasteiger partial charge < -0.3 is 19.4 Å². The maximum atomic E-state index is 13.1. The normalized spacial score (nSPS) is 17.7. The number of anilines is 1. The van der Waals surface area contributed by atoms with Crippen LogP contribution >= 0.6 is 11.3 Å². The minimum atomic E-state index is -0.353. The molecule has 6 nitrogen and oxygen atoms in total. The predicted molar refractivity (Wildman–Crippen MR) is 137 cm³/mol. The van der Waals surface area contributed by atoms with Crippen molar-refractivity contribution in [1.29, 1.82) is 0 Å². The SMILES string of the molecule is CN1CCN(c2cccc3sc(COC(=O)N4CCC(C(=O)c5ccc(F)cc5)CC4)cc23)CC1. The number of fused-ring (bicyclic) bond motifs is 1. The Kier molecular flexibility index (Phi) is 7.02. The van der Waals surface area contributed by atoms with Gasteiger partial charge in [0, 0.05) is 71.4 Å². The zero-order valence-corrected chi connectivity index (χ0v) is 20.7. The van der Waals surface area contributed by atoms with Gasteiger partial charge in [-0.3, -0.25) is 4.79 Å². The number of thiophene rings is 1. The van der Waals surface area contributed by atoms with Crippen molar-refractivity contribution in [2.24, 2.45) is 5.92 Å². The van der Waals surface area contributed by atoms with Crippen molar-refractivity contribution in [3.05, 3.63) is 64.8 Å². The van der Waals surface area contributed by atoms with Crippen LogP contribution in [0.3, 0.4) is 0 Å². The van der Waals surface area contributed by atoms with Crippen LogP contribution in [0.5, 0.6) is 0 Å². The molecule has 0 saturated carbocycles. The number of likely N-dealkylation sites (tertiary alicyclic amines) is 1. The molecular weight excluding hydrogens is 465 g/mol. The molecule has 1 aromatic heterocycles. The number of halogens is 1. The number of benzene rings is 2. The molecule has 2 aliphatic heterocycles. The third-order valence-corrected chi connectivity index (χ3v) is 8.10. The van der Waals surface area contributed by atoms with E-state index in [9.17, 15) is 14.0 Å². The van der Waals surface area contributed by atoms with Gasteiger partial charge in [0.2, 0.25) is 0 Å². The van der Waals surface area contributed by atoms with Crippen LogP contribution in [-0.2, 0) is 11.3 Å². The highest BCUT2D eigenvalue weighted by molar-refractivity contribution is 7.19. The molecule has 35 heavy (non-hydrogen) atoms. The first-order valence-corrected chi connectivity index (χ1v) is 13.0. The van der Waals surface area contributed by atoms with Crippen LogP contribution in [0.1, 0.15) is 28.1 Å². The lowest BCUT2D eigenvalue weighted by Crippen LogP contribution is -2.44. The minimum Gasteiger partial charge on any atom is -0.444 e. The van der Waals surface area contributed by atoms with Gasteiger partial charge in [-0.15, -0.1) is 11.3 Å². The summed E-state index contributed by atoms with van der Waals surface area (Å²) in [6, 6.07) is 14.2. The second kappa shape index (κ2) is 10.3. The average Bonchev–Trinajstić information content (AvgIpc) is 3.31. The molecule has 2 aliphatic rings. The molecule has 0 radical (unpaired) electrons. The Morgan fingerprint density at radius 3 is 2.43 bits per heavy atom. The van der Waals surface area contributed by atoms with E-state index < -0.39 is 0 Å². The quantitative estimate of drug-likeness (QED) is 0.465. The van der Waals surface area contributed by atoms with E-state index in [-0.39, 0.29) is 30.2 Å². The molecule has 0 spiro atoms. The molecule has 0 atom stereocenters. The van der Waals surface area contributed by atoms with E-state index in [1.807, 2.05) is 0 Å². The van der Waals surface area contributed by atoms with Crippen molar-refractivity contribution in [2.75, 3.05) is 51.2 Å². The number of ether oxygens (including phenoxy) is 1. The fraction of sp³-hybridized carbons (Fsp3) is 0.407. The summed E-state index contributed by atoms with van der Waals surface area (Å²) in [5, 5.41) is 1.22. The van der Waals surface area contributed by atoms with Crippen molar-refractivity contribution in [3.63, 3.8) is 0 Å². The van der Waals surface area contributed by atoms with Crippen LogP contribution in [0.15, 0.2) is 48.5 Å². The summed E-state index contributed by atoms with van der Waals surface area (Å²) in [4.78, 5) is 32.8. The second-order valence-electron chi connectivity index (χ2n) is 9.38. The minimum absolute atomic E-state index is 0.0134. The van der Waals surface area contributed by atoms with Crippen molar-refractivity contribution in [1.82, 2.24) is 9.80 Å². The first-order chi connectivity index (χ1) is 17.0. The smallest absolute Gasteiger partial charge is 0.410 e. The van der Waals surface area contributed by atoms with Gasteiger partial charge in [-0.25, -0.2) is 9.18 Å². The van der Waals surface area contributed by atoms with Crippen LogP contribution < -0.4 is 4.90 Å². The van der Waals surface area contributed by atoms with Gasteiger partial charge in [0.1, 0.15) is 12.4 Å². The Bertz CT molecular complexity index is 1200. The zero-order valence-electron chi connectivity index (χ0n) is 19.9. The summed E-state index contributed by atoms with van der Waals surface area (Å²) in [6.45, 7) is 5.33. The van der Waals surface area contributed by atoms with Crippen LogP contribution in [0.4, 0.5) is 14.9 Å². The van der Waals surface area contributed by atoms with Crippen LogP contribution in [0.2, 0.25) is 0 Å². The number of likely N-dealkylation sites (N-methyl/N-ethyl adjacent to an activating group) is 1. The second-order valence-corrected chi connectivity index (χ2v) is 10.5. The Morgan fingerprint density at radius 2 is 1.71 bits per heavy atom. The lowest BCUT2D eigenvalue weighted by molar-refractivity contribution is 0.0716. The summed E-state index contributed by atoms with van der Waals surface area (Å²) in [5.41, 5.74) is 1.77. The third kappa shape index (κ3) is 5.33. The van der Waals surface area contributed by atoms with Gasteiger partial charge in [0.25, 0.3) is 0 Å². The summed E-state index contributed by atoms with van der Waals surface area (Å²) in [7, 11) is 2.15. The molecule has 0 aliphatic carbocycles. The van der Waals surface area contributed by atoms with Gasteiger partial charge in [-0.05, 0) is 62.4 Å². The molecule has 2 fully saturated rings. The maximum Gasteiger partial charge on any atom is 0.410 e. The predicted octanol–water partition coefficient (Wildman–Crippen LogP) is 5.02. The Balaban J connectivity index is 1.16. The van der Waals surface area contributed by atoms with Gasteiger partial charge >= 0.3 is 6.09 Å². The number of piperidine rings is 1. The largest absolute Gasteiger partial charge is 0.444 e. The zero-order chi connectivity index (χ0) is 24.4. The van der Waals surface area contributed by atoms with Crippen molar-refractivity contribution in [3.8, 4) is 0 Å². The van der Waals surface area contributed by atoms with Crippen molar-refractivity contribution < 1.29 is 18.7 Å². The van der Waals surface area contributed by atoms with Crippen LogP contribution in [0, 0.1) is 11.7 Å². The number of ketones is 1. The molecule has 2 saturated heterocycles. The molecule has 3 aromatic rings. The molecule has 3 heterocycles. The molecule has 5 rings (SSSR count). The summed E-state index contributed by atoms with van der Waals surface area (Å²) in [5.74, 6) is -0.493. The van der Waals surface area contributed by atoms with E-state index >= 15 is 0 Å². The summed E-state index contributed by atoms with van der Waals surface area (Å²) < 4.78 is 20.0. The van der Waals surface area contributed by atoms with Gasteiger partial charge in [0.15, 0.2) is 5.78 Å². The highest BCUT2D eigenvalue weighted by Crippen LogP contribution is 2.34. The van der Waals surface area contributed by atoms with Crippen LogP contribution in [-0.4, -0.2) is 68.0 Å². The molecule has 0 bridgehead atoms. The summed E-state index contributed by atoms with van der Waals surface area (Å²) >= 11 is 1.66. The van der Waals surface area contributed by atoms with E-state index in [1.165, 1.54) is 40.0 Å². The molecule has 184 valence electrons. The number of amides is 1. The standard InChI is InChI=1S/C27H30FN3O3S/c1-29-13-15-30(16-14-29)24-3-2-4-25-23(24)17-22(35-25)18-34-27(33)31-11-9-20(10-12-31)26(32)19-5-7-21(28)8-6-19/h2-8,17,20H,9-16,18H2,1H3. The van der Waals surface area contributed by atoms with E-state index in [0.717, 1.165) is 31.1 Å². The van der Waals surface area contributed by atoms with E-state index in [4.69, 9.17) is 4.74 Å². The number of piperazine rings is 1. The van der Waals surface area contributed by atoms with E-state index in [2.05, 4.69) is 41.1 Å². The fourth-order valence-corrected chi connectivity index (χ4v) is 5.89. The number of Topliss-reactive ketones (excluding diaryl/α,β-unsaturated/α-hetero) is 1. The molecule has 8 heteroatoms. The van der Waals surface area contributed by atoms with Gasteiger partial charge in [-0.2, -0.15) is 0 Å². The van der Waals surface area contributed by atoms with Gasteiger partial charge in [0.05, 0.1) is 0 Å². The lowest BCUT2D eigenvalue weighted by Gasteiger charge is -2.34. The number of hydrogen-bond donors (Lipinski definition) is 0. The molecule has 2 aromatic carbocycles. The van der Waals surface area contributed by atoms with Crippen LogP contribution in [0.25, 0.3) is 10.1 Å². The van der Waals surface area contributed by atoms with Crippen molar-refractivity contribution in [2.45, 2.75) is 19.4 Å². The highest BCUT2D eigenvalue weighted by Gasteiger charge is 2.29. The topological polar surface area (TPSA) is 53.1 Å². The highest BCUT2D eigenvalue weighted by atomic mass is 32.1. The fourth-order valence-electron chi connectivity index (χ4n) is 4.89. The lowest BCUT2D eigenvalue weighted by atomic mass is 9.89. The first kappa shape index (κ1) is 23.8. The molecular formula is C27H30FN3O3S. The summed E-state index contributed by atoms with van der Waals surface area (Å²) in [6.07, 6.45) is 0.833. The Morgan fingerprint density at radius 1 is 1.00 bits per heavy atom. The van der Waals surface area contributed by atoms with E-state index in [1.54, 1.807) is 16.2 Å². The Hall–Kier alpha value is -2.97. The number of nitrogens with zero attached hydrogens (tertiary/aromatic N) is 3. The third-order valence-electron chi connectivity index (χ3n) is 7.02. The molecule has 1 amide bonds. The van der Waals surface area contributed by atoms with Gasteiger partial charge in [-0.1, -0.05) is 6.07 Å². The Labute approximate surface area is 208 Å². The number of carbonyl (C=O) groups is 2. The average molecular weight is 496 g/mol. The maximum absolute atomic E-state index is 13.1. The molecule has 0 unspecified atom stereocenters. The monoisotopic (exact) mass is 495 g/mol.